The van der Waals surface area contributed by atoms with Crippen molar-refractivity contribution in [2.75, 3.05) is 13.1 Å². The van der Waals surface area contributed by atoms with Crippen LogP contribution in [-0.2, 0) is 6.42 Å². The number of furan rings is 1. The molecule has 0 amide bonds. The summed E-state index contributed by atoms with van der Waals surface area (Å²) in [6.07, 6.45) is 4.23. The number of rotatable bonds is 6. The summed E-state index contributed by atoms with van der Waals surface area (Å²) >= 11 is 0. The van der Waals surface area contributed by atoms with Crippen molar-refractivity contribution in [3.05, 3.63) is 30.2 Å². The molecule has 0 radical (unpaired) electrons. The van der Waals surface area contributed by atoms with E-state index in [0.717, 1.165) is 42.5 Å². The summed E-state index contributed by atoms with van der Waals surface area (Å²) in [6, 6.07) is 1.90. The average Bonchev–Trinajstić information content (AvgIpc) is 2.92. The molecule has 2 rings (SSSR count). The zero-order chi connectivity index (χ0) is 13.0. The van der Waals surface area contributed by atoms with E-state index in [4.69, 9.17) is 8.83 Å². The van der Waals surface area contributed by atoms with E-state index in [9.17, 15) is 0 Å². The molecule has 0 saturated heterocycles. The summed E-state index contributed by atoms with van der Waals surface area (Å²) in [5.41, 5.74) is 0.976. The van der Waals surface area contributed by atoms with Crippen LogP contribution in [0, 0.1) is 12.8 Å². The zero-order valence-electron chi connectivity index (χ0n) is 11.2. The van der Waals surface area contributed by atoms with E-state index in [0.29, 0.717) is 5.92 Å². The Labute approximate surface area is 107 Å². The van der Waals surface area contributed by atoms with E-state index in [1.54, 1.807) is 12.5 Å². The third-order valence-corrected chi connectivity index (χ3v) is 2.75. The standard InChI is InChI=1S/C14H20N2O2/c1-10(2)8-15-6-4-14-16-9-13(18-14)12-5-7-17-11(12)3/h5,7,9-10,15H,4,6,8H2,1-3H3. The van der Waals surface area contributed by atoms with Crippen molar-refractivity contribution in [3.63, 3.8) is 0 Å². The maximum atomic E-state index is 5.70. The topological polar surface area (TPSA) is 51.2 Å². The molecule has 0 aromatic carbocycles. The van der Waals surface area contributed by atoms with E-state index in [2.05, 4.69) is 24.1 Å². The first-order valence-electron chi connectivity index (χ1n) is 6.36. The Morgan fingerprint density at radius 2 is 2.22 bits per heavy atom. The van der Waals surface area contributed by atoms with Crippen LogP contribution in [0.25, 0.3) is 11.3 Å². The van der Waals surface area contributed by atoms with Crippen LogP contribution in [0.1, 0.15) is 25.5 Å². The Morgan fingerprint density at radius 1 is 1.39 bits per heavy atom. The minimum absolute atomic E-state index is 0.665. The minimum atomic E-state index is 0.665. The fourth-order valence-corrected chi connectivity index (χ4v) is 1.78. The third-order valence-electron chi connectivity index (χ3n) is 2.75. The molecular formula is C14H20N2O2. The van der Waals surface area contributed by atoms with Crippen molar-refractivity contribution >= 4 is 0 Å². The van der Waals surface area contributed by atoms with Gasteiger partial charge in [-0.1, -0.05) is 13.8 Å². The lowest BCUT2D eigenvalue weighted by molar-refractivity contribution is 0.481. The van der Waals surface area contributed by atoms with E-state index >= 15 is 0 Å². The first-order chi connectivity index (χ1) is 8.66. The smallest absolute Gasteiger partial charge is 0.196 e. The van der Waals surface area contributed by atoms with E-state index in [-0.39, 0.29) is 0 Å². The van der Waals surface area contributed by atoms with Gasteiger partial charge in [0.25, 0.3) is 0 Å². The Balaban J connectivity index is 1.89. The van der Waals surface area contributed by atoms with Crippen LogP contribution in [0.2, 0.25) is 0 Å². The monoisotopic (exact) mass is 248 g/mol. The predicted molar refractivity (Wildman–Crippen MR) is 70.4 cm³/mol. The number of nitrogens with zero attached hydrogens (tertiary/aromatic N) is 1. The zero-order valence-corrected chi connectivity index (χ0v) is 11.2. The molecule has 0 atom stereocenters. The SMILES string of the molecule is Cc1occc1-c1cnc(CCNCC(C)C)o1. The molecule has 0 spiro atoms. The Hall–Kier alpha value is -1.55. The van der Waals surface area contributed by atoms with Crippen LogP contribution in [-0.4, -0.2) is 18.1 Å². The van der Waals surface area contributed by atoms with Gasteiger partial charge in [0.1, 0.15) is 5.76 Å². The molecule has 0 unspecified atom stereocenters. The van der Waals surface area contributed by atoms with Gasteiger partial charge in [0, 0.05) is 13.0 Å². The number of oxazole rings is 1. The molecule has 0 saturated carbocycles. The molecule has 1 N–H and O–H groups in total. The highest BCUT2D eigenvalue weighted by atomic mass is 16.4. The van der Waals surface area contributed by atoms with Crippen LogP contribution in [0.5, 0.6) is 0 Å². The van der Waals surface area contributed by atoms with E-state index in [1.807, 2.05) is 13.0 Å². The summed E-state index contributed by atoms with van der Waals surface area (Å²) in [5.74, 6) is 3.07. The number of hydrogen-bond acceptors (Lipinski definition) is 4. The largest absolute Gasteiger partial charge is 0.469 e. The highest BCUT2D eigenvalue weighted by molar-refractivity contribution is 5.58. The summed E-state index contributed by atoms with van der Waals surface area (Å²) in [5, 5.41) is 3.37. The van der Waals surface area contributed by atoms with Crippen LogP contribution < -0.4 is 5.32 Å². The third kappa shape index (κ3) is 3.23. The summed E-state index contributed by atoms with van der Waals surface area (Å²) < 4.78 is 11.0. The Morgan fingerprint density at radius 3 is 2.89 bits per heavy atom. The van der Waals surface area contributed by atoms with Gasteiger partial charge in [-0.2, -0.15) is 0 Å². The molecule has 4 heteroatoms. The lowest BCUT2D eigenvalue weighted by Crippen LogP contribution is -2.22. The predicted octanol–water partition coefficient (Wildman–Crippen LogP) is 3.03. The van der Waals surface area contributed by atoms with Crippen LogP contribution in [0.3, 0.4) is 0 Å². The fraction of sp³-hybridized carbons (Fsp3) is 0.500. The van der Waals surface area contributed by atoms with Crippen LogP contribution in [0.4, 0.5) is 0 Å². The van der Waals surface area contributed by atoms with Gasteiger partial charge in [-0.25, -0.2) is 4.98 Å². The van der Waals surface area contributed by atoms with E-state index < -0.39 is 0 Å². The van der Waals surface area contributed by atoms with Crippen LogP contribution in [0.15, 0.2) is 27.4 Å². The second-order valence-corrected chi connectivity index (χ2v) is 4.86. The quantitative estimate of drug-likeness (QED) is 0.798. The molecule has 98 valence electrons. The number of nitrogens with one attached hydrogen (secondary N) is 1. The van der Waals surface area contributed by atoms with Gasteiger partial charge in [-0.3, -0.25) is 0 Å². The van der Waals surface area contributed by atoms with Crippen molar-refractivity contribution in [2.45, 2.75) is 27.2 Å². The molecule has 0 aliphatic heterocycles. The van der Waals surface area contributed by atoms with Crippen molar-refractivity contribution in [2.24, 2.45) is 5.92 Å². The second-order valence-electron chi connectivity index (χ2n) is 4.86. The van der Waals surface area contributed by atoms with Gasteiger partial charge in [-0.15, -0.1) is 0 Å². The number of hydrogen-bond donors (Lipinski definition) is 1. The molecule has 2 aromatic rings. The van der Waals surface area contributed by atoms with Gasteiger partial charge in [-0.05, 0) is 25.5 Å². The number of aromatic nitrogens is 1. The average molecular weight is 248 g/mol. The second kappa shape index (κ2) is 5.87. The lowest BCUT2D eigenvalue weighted by Gasteiger charge is -2.05. The molecule has 0 aliphatic rings. The van der Waals surface area contributed by atoms with Gasteiger partial charge >= 0.3 is 0 Å². The van der Waals surface area contributed by atoms with Crippen molar-refractivity contribution in [1.29, 1.82) is 0 Å². The molecule has 18 heavy (non-hydrogen) atoms. The van der Waals surface area contributed by atoms with Gasteiger partial charge < -0.3 is 14.2 Å². The lowest BCUT2D eigenvalue weighted by atomic mass is 10.2. The molecule has 2 heterocycles. The maximum Gasteiger partial charge on any atom is 0.196 e. The molecule has 2 aromatic heterocycles. The fourth-order valence-electron chi connectivity index (χ4n) is 1.78. The van der Waals surface area contributed by atoms with Crippen molar-refractivity contribution < 1.29 is 8.83 Å². The van der Waals surface area contributed by atoms with Gasteiger partial charge in [0.15, 0.2) is 11.7 Å². The molecular weight excluding hydrogens is 228 g/mol. The van der Waals surface area contributed by atoms with Gasteiger partial charge in [0.05, 0.1) is 18.0 Å². The molecule has 0 bridgehead atoms. The highest BCUT2D eigenvalue weighted by Gasteiger charge is 2.10. The summed E-state index contributed by atoms with van der Waals surface area (Å²) in [7, 11) is 0. The Kier molecular flexibility index (Phi) is 4.20. The highest BCUT2D eigenvalue weighted by Crippen LogP contribution is 2.24. The number of aryl methyl sites for hydroxylation is 1. The Bertz CT molecular complexity index is 485. The van der Waals surface area contributed by atoms with Crippen LogP contribution >= 0.6 is 0 Å². The normalized spacial score (nSPS) is 11.3. The summed E-state index contributed by atoms with van der Waals surface area (Å²) in [4.78, 5) is 4.28. The summed E-state index contributed by atoms with van der Waals surface area (Å²) in [6.45, 7) is 8.22. The first kappa shape index (κ1) is 12.9. The van der Waals surface area contributed by atoms with Crippen molar-refractivity contribution in [3.8, 4) is 11.3 Å². The van der Waals surface area contributed by atoms with E-state index in [1.165, 1.54) is 0 Å². The first-order valence-corrected chi connectivity index (χ1v) is 6.36. The molecule has 4 nitrogen and oxygen atoms in total. The minimum Gasteiger partial charge on any atom is -0.469 e. The molecule has 0 aliphatic carbocycles. The van der Waals surface area contributed by atoms with Gasteiger partial charge in [0.2, 0.25) is 0 Å². The molecule has 0 fully saturated rings. The maximum absolute atomic E-state index is 5.70. The van der Waals surface area contributed by atoms with Crippen molar-refractivity contribution in [1.82, 2.24) is 10.3 Å².